The zero-order chi connectivity index (χ0) is 18.2. The van der Waals surface area contributed by atoms with E-state index < -0.39 is 0 Å². The molecule has 2 fully saturated rings. The molecule has 0 bridgehead atoms. The number of benzene rings is 1. The first-order chi connectivity index (χ1) is 12.8. The highest BCUT2D eigenvalue weighted by molar-refractivity contribution is 5.58. The quantitative estimate of drug-likeness (QED) is 0.725. The van der Waals surface area contributed by atoms with Crippen LogP contribution in [0.3, 0.4) is 0 Å². The Hall–Kier alpha value is -1.75. The number of methoxy groups -OCH3 is 1. The molecule has 1 aliphatic heterocycles. The van der Waals surface area contributed by atoms with Crippen molar-refractivity contribution in [2.45, 2.75) is 44.6 Å². The molecular weight excluding hydrogens is 326 g/mol. The number of piperazine rings is 1. The standard InChI is InChI=1S/C21H33N3O2/c1-26-21-10-6-5-9-20(21)24-13-11-23(12-14-24)19(16-22-17-25)15-18-7-3-2-4-8-18/h5-6,9-10,17-19H,2-4,7-8,11-16H2,1H3,(H,22,25). The minimum atomic E-state index is 0.461. The molecule has 1 heterocycles. The Balaban J connectivity index is 1.58. The molecule has 0 radical (unpaired) electrons. The number of amides is 1. The Morgan fingerprint density at radius 1 is 1.15 bits per heavy atom. The average Bonchev–Trinajstić information content (AvgIpc) is 2.72. The zero-order valence-corrected chi connectivity index (χ0v) is 16.0. The Bertz CT molecular complexity index is 552. The van der Waals surface area contributed by atoms with E-state index in [0.29, 0.717) is 6.04 Å². The molecule has 26 heavy (non-hydrogen) atoms. The normalized spacial score (nSPS) is 20.6. The van der Waals surface area contributed by atoms with Gasteiger partial charge in [0.1, 0.15) is 5.75 Å². The smallest absolute Gasteiger partial charge is 0.207 e. The Labute approximate surface area is 157 Å². The van der Waals surface area contributed by atoms with E-state index in [9.17, 15) is 4.79 Å². The Kier molecular flexibility index (Phi) is 7.18. The number of hydrogen-bond acceptors (Lipinski definition) is 4. The second-order valence-corrected chi connectivity index (χ2v) is 7.61. The topological polar surface area (TPSA) is 44.8 Å². The van der Waals surface area contributed by atoms with Crippen molar-refractivity contribution < 1.29 is 9.53 Å². The van der Waals surface area contributed by atoms with Crippen LogP contribution in [0.2, 0.25) is 0 Å². The van der Waals surface area contributed by atoms with Crippen molar-refractivity contribution in [2.24, 2.45) is 5.92 Å². The maximum Gasteiger partial charge on any atom is 0.207 e. The highest BCUT2D eigenvalue weighted by Gasteiger charge is 2.27. The van der Waals surface area contributed by atoms with Crippen LogP contribution in [0.5, 0.6) is 5.75 Å². The summed E-state index contributed by atoms with van der Waals surface area (Å²) in [7, 11) is 1.74. The summed E-state index contributed by atoms with van der Waals surface area (Å²) in [4.78, 5) is 15.8. The number of anilines is 1. The molecule has 5 nitrogen and oxygen atoms in total. The molecule has 1 unspecified atom stereocenters. The van der Waals surface area contributed by atoms with Crippen molar-refractivity contribution in [1.82, 2.24) is 10.2 Å². The first-order valence-corrected chi connectivity index (χ1v) is 10.1. The number of nitrogens with one attached hydrogen (secondary N) is 1. The van der Waals surface area contributed by atoms with Gasteiger partial charge in [0.25, 0.3) is 0 Å². The molecule has 2 aliphatic rings. The third-order valence-electron chi connectivity index (χ3n) is 6.02. The number of hydrogen-bond donors (Lipinski definition) is 1. The van der Waals surface area contributed by atoms with Gasteiger partial charge < -0.3 is 15.0 Å². The number of carbonyl (C=O) groups is 1. The minimum Gasteiger partial charge on any atom is -0.495 e. The van der Waals surface area contributed by atoms with Crippen LogP contribution in [0.25, 0.3) is 0 Å². The lowest BCUT2D eigenvalue weighted by Crippen LogP contribution is -2.53. The predicted molar refractivity (Wildman–Crippen MR) is 106 cm³/mol. The van der Waals surface area contributed by atoms with Gasteiger partial charge in [-0.15, -0.1) is 0 Å². The summed E-state index contributed by atoms with van der Waals surface area (Å²) < 4.78 is 5.52. The van der Waals surface area contributed by atoms with Crippen LogP contribution in [-0.4, -0.2) is 57.2 Å². The molecule has 1 aromatic rings. The fourth-order valence-electron chi connectivity index (χ4n) is 4.57. The van der Waals surface area contributed by atoms with Gasteiger partial charge in [-0.05, 0) is 24.5 Å². The lowest BCUT2D eigenvalue weighted by atomic mass is 9.84. The molecule has 1 amide bonds. The van der Waals surface area contributed by atoms with Gasteiger partial charge in [0.05, 0.1) is 12.8 Å². The molecule has 0 aromatic heterocycles. The lowest BCUT2D eigenvalue weighted by molar-refractivity contribution is -0.109. The van der Waals surface area contributed by atoms with Crippen LogP contribution >= 0.6 is 0 Å². The Morgan fingerprint density at radius 2 is 1.88 bits per heavy atom. The average molecular weight is 360 g/mol. The summed E-state index contributed by atoms with van der Waals surface area (Å²) in [6, 6.07) is 8.72. The summed E-state index contributed by atoms with van der Waals surface area (Å²) in [5, 5.41) is 2.94. The highest BCUT2D eigenvalue weighted by Crippen LogP contribution is 2.31. The van der Waals surface area contributed by atoms with E-state index in [1.165, 1.54) is 44.2 Å². The summed E-state index contributed by atoms with van der Waals surface area (Å²) in [6.45, 7) is 4.85. The van der Waals surface area contributed by atoms with Gasteiger partial charge in [-0.1, -0.05) is 44.2 Å². The van der Waals surface area contributed by atoms with Gasteiger partial charge in [0.2, 0.25) is 6.41 Å². The molecular formula is C21H33N3O2. The minimum absolute atomic E-state index is 0.461. The van der Waals surface area contributed by atoms with Gasteiger partial charge in [-0.25, -0.2) is 0 Å². The first kappa shape index (κ1) is 19.0. The molecule has 1 atom stereocenters. The fraction of sp³-hybridized carbons (Fsp3) is 0.667. The molecule has 1 saturated heterocycles. The number of para-hydroxylation sites is 2. The van der Waals surface area contributed by atoms with E-state index in [0.717, 1.165) is 50.8 Å². The number of rotatable bonds is 8. The van der Waals surface area contributed by atoms with Crippen molar-refractivity contribution in [1.29, 1.82) is 0 Å². The fourth-order valence-corrected chi connectivity index (χ4v) is 4.57. The van der Waals surface area contributed by atoms with Crippen molar-refractivity contribution in [3.8, 4) is 5.75 Å². The molecule has 3 rings (SSSR count). The van der Waals surface area contributed by atoms with Crippen LogP contribution < -0.4 is 15.0 Å². The van der Waals surface area contributed by atoms with E-state index in [1.54, 1.807) is 7.11 Å². The molecule has 1 aliphatic carbocycles. The number of nitrogens with zero attached hydrogens (tertiary/aromatic N) is 2. The monoisotopic (exact) mass is 359 g/mol. The summed E-state index contributed by atoms with van der Waals surface area (Å²) in [5.41, 5.74) is 1.18. The summed E-state index contributed by atoms with van der Waals surface area (Å²) in [6.07, 6.45) is 8.93. The third-order valence-corrected chi connectivity index (χ3v) is 6.02. The molecule has 144 valence electrons. The van der Waals surface area contributed by atoms with Gasteiger partial charge in [-0.2, -0.15) is 0 Å². The lowest BCUT2D eigenvalue weighted by Gasteiger charge is -2.41. The number of ether oxygens (including phenoxy) is 1. The van der Waals surface area contributed by atoms with Crippen molar-refractivity contribution in [3.63, 3.8) is 0 Å². The highest BCUT2D eigenvalue weighted by atomic mass is 16.5. The van der Waals surface area contributed by atoms with E-state index in [4.69, 9.17) is 4.74 Å². The molecule has 0 spiro atoms. The maximum atomic E-state index is 10.8. The van der Waals surface area contributed by atoms with E-state index >= 15 is 0 Å². The van der Waals surface area contributed by atoms with Crippen molar-refractivity contribution >= 4 is 12.1 Å². The van der Waals surface area contributed by atoms with Crippen LogP contribution in [-0.2, 0) is 4.79 Å². The molecule has 1 aromatic carbocycles. The van der Waals surface area contributed by atoms with Gasteiger partial charge in [-0.3, -0.25) is 9.69 Å². The van der Waals surface area contributed by atoms with E-state index in [-0.39, 0.29) is 0 Å². The van der Waals surface area contributed by atoms with Crippen LogP contribution in [0.15, 0.2) is 24.3 Å². The number of carbonyl (C=O) groups excluding carboxylic acids is 1. The van der Waals surface area contributed by atoms with Gasteiger partial charge in [0.15, 0.2) is 0 Å². The second-order valence-electron chi connectivity index (χ2n) is 7.61. The van der Waals surface area contributed by atoms with E-state index in [2.05, 4.69) is 27.2 Å². The summed E-state index contributed by atoms with van der Waals surface area (Å²) in [5.74, 6) is 1.77. The van der Waals surface area contributed by atoms with Gasteiger partial charge in [0, 0.05) is 38.8 Å². The van der Waals surface area contributed by atoms with Crippen LogP contribution in [0.1, 0.15) is 38.5 Å². The zero-order valence-electron chi connectivity index (χ0n) is 16.0. The van der Waals surface area contributed by atoms with Crippen molar-refractivity contribution in [2.75, 3.05) is 44.7 Å². The first-order valence-electron chi connectivity index (χ1n) is 10.1. The molecule has 1 saturated carbocycles. The van der Waals surface area contributed by atoms with Gasteiger partial charge >= 0.3 is 0 Å². The largest absolute Gasteiger partial charge is 0.495 e. The predicted octanol–water partition coefficient (Wildman–Crippen LogP) is 2.90. The van der Waals surface area contributed by atoms with Crippen LogP contribution in [0.4, 0.5) is 5.69 Å². The maximum absolute atomic E-state index is 10.8. The second kappa shape index (κ2) is 9.81. The van der Waals surface area contributed by atoms with E-state index in [1.807, 2.05) is 12.1 Å². The third kappa shape index (κ3) is 4.91. The molecule has 1 N–H and O–H groups in total. The van der Waals surface area contributed by atoms with Crippen molar-refractivity contribution in [3.05, 3.63) is 24.3 Å². The Morgan fingerprint density at radius 3 is 2.58 bits per heavy atom. The summed E-state index contributed by atoms with van der Waals surface area (Å²) >= 11 is 0. The van der Waals surface area contributed by atoms with Crippen LogP contribution in [0, 0.1) is 5.92 Å². The molecule has 5 heteroatoms. The SMILES string of the molecule is COc1ccccc1N1CCN(C(CNC=O)CC2CCCCC2)CC1.